The molecule has 1 aromatic carbocycles. The Hall–Kier alpha value is -0.760. The SMILES string of the molecule is Cn1ccc(COc2c(Cl)cc(Br)cc2S(=O)(=O)Cl)n1. The Morgan fingerprint density at radius 1 is 1.45 bits per heavy atom. The van der Waals surface area contributed by atoms with Gasteiger partial charge in [-0.15, -0.1) is 0 Å². The number of benzene rings is 1. The number of aryl methyl sites for hydroxylation is 1. The van der Waals surface area contributed by atoms with Crippen LogP contribution in [-0.2, 0) is 22.7 Å². The summed E-state index contributed by atoms with van der Waals surface area (Å²) < 4.78 is 30.7. The highest BCUT2D eigenvalue weighted by molar-refractivity contribution is 9.10. The van der Waals surface area contributed by atoms with Gasteiger partial charge in [-0.3, -0.25) is 4.68 Å². The second kappa shape index (κ2) is 5.93. The molecule has 0 saturated carbocycles. The van der Waals surface area contributed by atoms with Gasteiger partial charge in [0.1, 0.15) is 11.5 Å². The second-order valence-electron chi connectivity index (χ2n) is 3.92. The fourth-order valence-electron chi connectivity index (χ4n) is 1.54. The molecule has 5 nitrogen and oxygen atoms in total. The number of hydrogen-bond donors (Lipinski definition) is 0. The van der Waals surface area contributed by atoms with E-state index in [0.717, 1.165) is 0 Å². The summed E-state index contributed by atoms with van der Waals surface area (Å²) in [6, 6.07) is 4.62. The van der Waals surface area contributed by atoms with Crippen molar-refractivity contribution in [2.75, 3.05) is 0 Å². The van der Waals surface area contributed by atoms with Crippen molar-refractivity contribution in [3.05, 3.63) is 39.6 Å². The van der Waals surface area contributed by atoms with Gasteiger partial charge >= 0.3 is 0 Å². The first-order valence-corrected chi connectivity index (χ1v) is 8.80. The van der Waals surface area contributed by atoms with Crippen molar-refractivity contribution in [2.45, 2.75) is 11.5 Å². The van der Waals surface area contributed by atoms with Gasteiger partial charge in [-0.25, -0.2) is 8.42 Å². The Balaban J connectivity index is 2.35. The highest BCUT2D eigenvalue weighted by Crippen LogP contribution is 2.37. The molecule has 2 rings (SSSR count). The van der Waals surface area contributed by atoms with E-state index in [4.69, 9.17) is 27.0 Å². The van der Waals surface area contributed by atoms with Gasteiger partial charge in [-0.2, -0.15) is 5.10 Å². The van der Waals surface area contributed by atoms with Gasteiger partial charge in [0.15, 0.2) is 5.75 Å². The van der Waals surface area contributed by atoms with Crippen LogP contribution in [0, 0.1) is 0 Å². The Labute approximate surface area is 134 Å². The smallest absolute Gasteiger partial charge is 0.265 e. The van der Waals surface area contributed by atoms with Crippen LogP contribution in [-0.4, -0.2) is 18.2 Å². The van der Waals surface area contributed by atoms with Crippen LogP contribution < -0.4 is 4.74 Å². The molecule has 0 amide bonds. The average Bonchev–Trinajstić information content (AvgIpc) is 2.72. The molecule has 20 heavy (non-hydrogen) atoms. The molecule has 0 aliphatic heterocycles. The van der Waals surface area contributed by atoms with E-state index in [0.29, 0.717) is 10.2 Å². The highest BCUT2D eigenvalue weighted by Gasteiger charge is 2.21. The minimum Gasteiger partial charge on any atom is -0.484 e. The molecule has 9 heteroatoms. The standard InChI is InChI=1S/C11H9BrCl2N2O3S/c1-16-3-2-8(15-16)6-19-11-9(13)4-7(12)5-10(11)20(14,17)18/h2-5H,6H2,1H3. The second-order valence-corrected chi connectivity index (χ2v) is 7.78. The molecule has 0 unspecified atom stereocenters. The lowest BCUT2D eigenvalue weighted by Crippen LogP contribution is -2.03. The topological polar surface area (TPSA) is 61.2 Å². The zero-order chi connectivity index (χ0) is 14.9. The lowest BCUT2D eigenvalue weighted by atomic mass is 10.3. The molecule has 0 atom stereocenters. The summed E-state index contributed by atoms with van der Waals surface area (Å²) in [6.45, 7) is 0.0849. The van der Waals surface area contributed by atoms with E-state index in [9.17, 15) is 8.42 Å². The zero-order valence-electron chi connectivity index (χ0n) is 10.2. The summed E-state index contributed by atoms with van der Waals surface area (Å²) in [7, 11) is 3.18. The van der Waals surface area contributed by atoms with Crippen LogP contribution in [0.1, 0.15) is 5.69 Å². The molecule has 108 valence electrons. The molecule has 1 heterocycles. The van der Waals surface area contributed by atoms with Crippen molar-refractivity contribution in [3.8, 4) is 5.75 Å². The number of aromatic nitrogens is 2. The van der Waals surface area contributed by atoms with Crippen LogP contribution >= 0.6 is 38.2 Å². The van der Waals surface area contributed by atoms with E-state index in [1.807, 2.05) is 0 Å². The van der Waals surface area contributed by atoms with Crippen LogP contribution in [0.15, 0.2) is 33.8 Å². The average molecular weight is 400 g/mol. The quantitative estimate of drug-likeness (QED) is 0.739. The lowest BCUT2D eigenvalue weighted by Gasteiger charge is -2.11. The lowest BCUT2D eigenvalue weighted by molar-refractivity contribution is 0.292. The third-order valence-electron chi connectivity index (χ3n) is 2.37. The number of ether oxygens (including phenoxy) is 1. The predicted octanol–water partition coefficient (Wildman–Crippen LogP) is 3.34. The largest absolute Gasteiger partial charge is 0.484 e. The summed E-state index contributed by atoms with van der Waals surface area (Å²) >= 11 is 9.17. The van der Waals surface area contributed by atoms with Crippen LogP contribution in [0.2, 0.25) is 5.02 Å². The van der Waals surface area contributed by atoms with Crippen LogP contribution in [0.25, 0.3) is 0 Å². The van der Waals surface area contributed by atoms with Crippen molar-refractivity contribution in [1.82, 2.24) is 9.78 Å². The third kappa shape index (κ3) is 3.66. The molecule has 0 N–H and O–H groups in total. The van der Waals surface area contributed by atoms with Gasteiger partial charge in [0.25, 0.3) is 9.05 Å². The molecular weight excluding hydrogens is 391 g/mol. The van der Waals surface area contributed by atoms with Crippen molar-refractivity contribution in [1.29, 1.82) is 0 Å². The molecule has 0 radical (unpaired) electrons. The highest BCUT2D eigenvalue weighted by atomic mass is 79.9. The maximum absolute atomic E-state index is 11.6. The van der Waals surface area contributed by atoms with Crippen LogP contribution in [0.4, 0.5) is 0 Å². The first kappa shape index (κ1) is 15.6. The molecule has 0 fully saturated rings. The third-order valence-corrected chi connectivity index (χ3v) is 4.44. The Morgan fingerprint density at radius 2 is 2.15 bits per heavy atom. The summed E-state index contributed by atoms with van der Waals surface area (Å²) in [5.74, 6) is 0.00974. The fraction of sp³-hybridized carbons (Fsp3) is 0.182. The van der Waals surface area contributed by atoms with Crippen molar-refractivity contribution in [2.24, 2.45) is 7.05 Å². The zero-order valence-corrected chi connectivity index (χ0v) is 14.1. The predicted molar refractivity (Wildman–Crippen MR) is 79.7 cm³/mol. The molecule has 1 aromatic heterocycles. The van der Waals surface area contributed by atoms with E-state index >= 15 is 0 Å². The summed E-state index contributed by atoms with van der Waals surface area (Å²) in [4.78, 5) is -0.186. The maximum Gasteiger partial charge on any atom is 0.265 e. The van der Waals surface area contributed by atoms with Gasteiger partial charge in [-0.05, 0) is 18.2 Å². The van der Waals surface area contributed by atoms with E-state index in [2.05, 4.69) is 21.0 Å². The molecule has 0 aliphatic carbocycles. The van der Waals surface area contributed by atoms with Crippen molar-refractivity contribution >= 4 is 47.3 Å². The number of hydrogen-bond acceptors (Lipinski definition) is 4. The van der Waals surface area contributed by atoms with Gasteiger partial charge < -0.3 is 4.74 Å². The van der Waals surface area contributed by atoms with Gasteiger partial charge in [0.05, 0.1) is 10.7 Å². The summed E-state index contributed by atoms with van der Waals surface area (Å²) in [5, 5.41) is 4.27. The fourth-order valence-corrected chi connectivity index (χ4v) is 3.62. The number of nitrogens with zero attached hydrogens (tertiary/aromatic N) is 2. The van der Waals surface area contributed by atoms with Gasteiger partial charge in [0.2, 0.25) is 0 Å². The summed E-state index contributed by atoms with van der Waals surface area (Å²) in [6.07, 6.45) is 1.75. The number of rotatable bonds is 4. The molecule has 2 aromatic rings. The van der Waals surface area contributed by atoms with Crippen LogP contribution in [0.5, 0.6) is 5.75 Å². The minimum absolute atomic E-state index is 0.00974. The van der Waals surface area contributed by atoms with E-state index in [-0.39, 0.29) is 22.3 Å². The first-order valence-electron chi connectivity index (χ1n) is 5.32. The van der Waals surface area contributed by atoms with Gasteiger partial charge in [-0.1, -0.05) is 27.5 Å². The first-order chi connectivity index (χ1) is 9.27. The molecular formula is C11H9BrCl2N2O3S. The Bertz CT molecular complexity index is 746. The van der Waals surface area contributed by atoms with Crippen LogP contribution in [0.3, 0.4) is 0 Å². The summed E-state index contributed by atoms with van der Waals surface area (Å²) in [5.41, 5.74) is 0.643. The minimum atomic E-state index is -3.97. The maximum atomic E-state index is 11.6. The normalized spacial score (nSPS) is 11.6. The molecule has 0 spiro atoms. The van der Waals surface area contributed by atoms with Crippen molar-refractivity contribution < 1.29 is 13.2 Å². The van der Waals surface area contributed by atoms with Crippen molar-refractivity contribution in [3.63, 3.8) is 0 Å². The van der Waals surface area contributed by atoms with Gasteiger partial charge in [0, 0.05) is 28.4 Å². The van der Waals surface area contributed by atoms with E-state index in [1.54, 1.807) is 24.0 Å². The molecule has 0 aliphatic rings. The molecule has 0 saturated heterocycles. The molecule has 0 bridgehead atoms. The van der Waals surface area contributed by atoms with E-state index in [1.165, 1.54) is 12.1 Å². The number of halogens is 3. The Kier molecular flexibility index (Phi) is 4.63. The monoisotopic (exact) mass is 398 g/mol. The van der Waals surface area contributed by atoms with E-state index < -0.39 is 9.05 Å². The Morgan fingerprint density at radius 3 is 2.70 bits per heavy atom.